The van der Waals surface area contributed by atoms with Crippen molar-refractivity contribution in [2.24, 2.45) is 0 Å². The third kappa shape index (κ3) is 5.05. The highest BCUT2D eigenvalue weighted by Crippen LogP contribution is 2.19. The van der Waals surface area contributed by atoms with Gasteiger partial charge in [0.05, 0.1) is 5.97 Å². The van der Waals surface area contributed by atoms with Crippen LogP contribution in [0.25, 0.3) is 0 Å². The van der Waals surface area contributed by atoms with E-state index in [9.17, 15) is 14.7 Å². The minimum absolute atomic E-state index is 0.372. The fourth-order valence-electron chi connectivity index (χ4n) is 1.65. The molecule has 0 radical (unpaired) electrons. The third-order valence-corrected chi connectivity index (χ3v) is 2.94. The summed E-state index contributed by atoms with van der Waals surface area (Å²) in [6.07, 6.45) is 1.75. The van der Waals surface area contributed by atoms with E-state index in [4.69, 9.17) is 11.6 Å². The zero-order chi connectivity index (χ0) is 15.3. The Hall–Kier alpha value is -1.81. The Balaban J connectivity index is 2.93. The maximum Gasteiger partial charge on any atom is 0.247 e. The van der Waals surface area contributed by atoms with Crippen LogP contribution in [0.5, 0.6) is 0 Å². The van der Waals surface area contributed by atoms with Crippen molar-refractivity contribution in [3.8, 4) is 0 Å². The first kappa shape index (κ1) is 16.2. The van der Waals surface area contributed by atoms with Crippen molar-refractivity contribution in [3.63, 3.8) is 0 Å². The Morgan fingerprint density at radius 2 is 1.75 bits per heavy atom. The van der Waals surface area contributed by atoms with E-state index in [0.29, 0.717) is 11.6 Å². The Labute approximate surface area is 123 Å². The molecule has 0 aliphatic heterocycles. The van der Waals surface area contributed by atoms with Gasteiger partial charge in [0.15, 0.2) is 0 Å². The van der Waals surface area contributed by atoms with Crippen LogP contribution in [0.4, 0.5) is 0 Å². The van der Waals surface area contributed by atoms with Gasteiger partial charge in [0.2, 0.25) is 5.91 Å². The van der Waals surface area contributed by atoms with E-state index >= 15 is 0 Å². The zero-order valence-corrected chi connectivity index (χ0v) is 12.5. The molecule has 4 nitrogen and oxygen atoms in total. The van der Waals surface area contributed by atoms with Crippen molar-refractivity contribution in [2.75, 3.05) is 0 Å². The Morgan fingerprint density at radius 3 is 2.20 bits per heavy atom. The van der Waals surface area contributed by atoms with E-state index in [2.05, 4.69) is 0 Å². The number of halogens is 1. The Kier molecular flexibility index (Phi) is 5.34. The lowest BCUT2D eigenvalue weighted by Crippen LogP contribution is -2.44. The number of aliphatic carboxylic acids is 1. The number of carboxylic acid groups (broad SMARTS) is 1. The van der Waals surface area contributed by atoms with Crippen LogP contribution in [0.15, 0.2) is 36.4 Å². The third-order valence-electron chi connectivity index (χ3n) is 2.69. The quantitative estimate of drug-likeness (QED) is 0.795. The van der Waals surface area contributed by atoms with Gasteiger partial charge in [-0.25, -0.2) is 0 Å². The Morgan fingerprint density at radius 1 is 1.20 bits per heavy atom. The molecule has 0 spiro atoms. The number of carboxylic acids is 1. The highest BCUT2D eigenvalue weighted by molar-refractivity contribution is 6.30. The van der Waals surface area contributed by atoms with Crippen molar-refractivity contribution < 1.29 is 14.7 Å². The van der Waals surface area contributed by atoms with Gasteiger partial charge in [-0.15, -0.1) is 0 Å². The average molecular weight is 295 g/mol. The molecular weight excluding hydrogens is 278 g/mol. The molecule has 1 rings (SSSR count). The molecular formula is C15H17ClNO3-. The molecule has 1 amide bonds. The second-order valence-electron chi connectivity index (χ2n) is 5.37. The maximum atomic E-state index is 12.1. The van der Waals surface area contributed by atoms with Gasteiger partial charge in [-0.1, -0.05) is 23.7 Å². The standard InChI is InChI=1S/C15H18ClNO3/c1-15(2,3)17(13(18)8-9-14(19)20)10-11-4-6-12(16)7-5-11/h4-9H,10H2,1-3H3,(H,19,20)/p-1. The van der Waals surface area contributed by atoms with Crippen molar-refractivity contribution in [2.45, 2.75) is 32.9 Å². The number of carbonyl (C=O) groups is 2. The smallest absolute Gasteiger partial charge is 0.247 e. The lowest BCUT2D eigenvalue weighted by molar-refractivity contribution is -0.297. The topological polar surface area (TPSA) is 60.4 Å². The zero-order valence-electron chi connectivity index (χ0n) is 11.7. The maximum absolute atomic E-state index is 12.1. The minimum atomic E-state index is -1.39. The molecule has 20 heavy (non-hydrogen) atoms. The molecule has 0 N–H and O–H groups in total. The molecule has 0 atom stereocenters. The summed E-state index contributed by atoms with van der Waals surface area (Å²) in [5.41, 5.74) is 0.479. The largest absolute Gasteiger partial charge is 0.545 e. The number of rotatable bonds is 4. The number of benzene rings is 1. The number of hydrogen-bond acceptors (Lipinski definition) is 3. The number of carbonyl (C=O) groups excluding carboxylic acids is 2. The molecule has 0 saturated heterocycles. The van der Waals surface area contributed by atoms with Crippen LogP contribution in [0.3, 0.4) is 0 Å². The molecule has 108 valence electrons. The normalized spacial score (nSPS) is 11.6. The Bertz CT molecular complexity index is 515. The molecule has 0 aliphatic rings. The van der Waals surface area contributed by atoms with Gasteiger partial charge in [0.1, 0.15) is 0 Å². The van der Waals surface area contributed by atoms with Gasteiger partial charge >= 0.3 is 0 Å². The predicted molar refractivity (Wildman–Crippen MR) is 75.9 cm³/mol. The predicted octanol–water partition coefficient (Wildman–Crippen LogP) is 1.77. The molecule has 0 bridgehead atoms. The summed E-state index contributed by atoms with van der Waals surface area (Å²) in [6, 6.07) is 7.16. The monoisotopic (exact) mass is 294 g/mol. The van der Waals surface area contributed by atoms with Crippen LogP contribution in [0.1, 0.15) is 26.3 Å². The number of nitrogens with zero attached hydrogens (tertiary/aromatic N) is 1. The van der Waals surface area contributed by atoms with Crippen LogP contribution < -0.4 is 5.11 Å². The van der Waals surface area contributed by atoms with Crippen molar-refractivity contribution in [1.29, 1.82) is 0 Å². The van der Waals surface area contributed by atoms with Crippen LogP contribution in [-0.4, -0.2) is 22.3 Å². The second kappa shape index (κ2) is 6.57. The van der Waals surface area contributed by atoms with E-state index < -0.39 is 11.5 Å². The van der Waals surface area contributed by atoms with Crippen LogP contribution in [-0.2, 0) is 16.1 Å². The summed E-state index contributed by atoms with van der Waals surface area (Å²) in [7, 11) is 0. The van der Waals surface area contributed by atoms with E-state index in [0.717, 1.165) is 17.7 Å². The highest BCUT2D eigenvalue weighted by atomic mass is 35.5. The molecule has 1 aromatic carbocycles. The first-order valence-corrected chi connectivity index (χ1v) is 6.53. The van der Waals surface area contributed by atoms with Gasteiger partial charge < -0.3 is 14.8 Å². The fraction of sp³-hybridized carbons (Fsp3) is 0.333. The summed E-state index contributed by atoms with van der Waals surface area (Å²) in [6.45, 7) is 6.02. The molecule has 0 aromatic heterocycles. The van der Waals surface area contributed by atoms with Crippen LogP contribution in [0.2, 0.25) is 5.02 Å². The van der Waals surface area contributed by atoms with Gasteiger partial charge in [-0.2, -0.15) is 0 Å². The van der Waals surface area contributed by atoms with Crippen LogP contribution in [0, 0.1) is 0 Å². The highest BCUT2D eigenvalue weighted by Gasteiger charge is 2.24. The molecule has 0 unspecified atom stereocenters. The van der Waals surface area contributed by atoms with E-state index in [1.165, 1.54) is 0 Å². The van der Waals surface area contributed by atoms with Gasteiger partial charge in [0.25, 0.3) is 0 Å². The fourth-order valence-corrected chi connectivity index (χ4v) is 1.77. The first-order valence-electron chi connectivity index (χ1n) is 6.15. The summed E-state index contributed by atoms with van der Waals surface area (Å²) < 4.78 is 0. The lowest BCUT2D eigenvalue weighted by Gasteiger charge is -2.35. The summed E-state index contributed by atoms with van der Waals surface area (Å²) in [5.74, 6) is -1.77. The molecule has 0 heterocycles. The second-order valence-corrected chi connectivity index (χ2v) is 5.81. The van der Waals surface area contributed by atoms with E-state index in [1.54, 1.807) is 17.0 Å². The average Bonchev–Trinajstić information content (AvgIpc) is 2.33. The van der Waals surface area contributed by atoms with Gasteiger partial charge in [-0.3, -0.25) is 4.79 Å². The van der Waals surface area contributed by atoms with Crippen molar-refractivity contribution in [3.05, 3.63) is 47.0 Å². The SMILES string of the molecule is CC(C)(C)N(Cc1ccc(Cl)cc1)C(=O)C=CC(=O)[O-]. The van der Waals surface area contributed by atoms with Crippen molar-refractivity contribution in [1.82, 2.24) is 4.90 Å². The van der Waals surface area contributed by atoms with Crippen LogP contribution >= 0.6 is 11.6 Å². The number of amides is 1. The van der Waals surface area contributed by atoms with Crippen molar-refractivity contribution >= 4 is 23.5 Å². The molecule has 5 heteroatoms. The molecule has 0 saturated carbocycles. The van der Waals surface area contributed by atoms with Gasteiger partial charge in [-0.05, 0) is 44.5 Å². The molecule has 0 fully saturated rings. The minimum Gasteiger partial charge on any atom is -0.545 e. The summed E-state index contributed by atoms with van der Waals surface area (Å²) in [4.78, 5) is 24.1. The van der Waals surface area contributed by atoms with E-state index in [1.807, 2.05) is 32.9 Å². The molecule has 1 aromatic rings. The van der Waals surface area contributed by atoms with Gasteiger partial charge in [0, 0.05) is 23.2 Å². The number of hydrogen-bond donors (Lipinski definition) is 0. The molecule has 0 aliphatic carbocycles. The summed E-state index contributed by atoms with van der Waals surface area (Å²) in [5, 5.41) is 11.0. The lowest BCUT2D eigenvalue weighted by atomic mass is 10.0. The summed E-state index contributed by atoms with van der Waals surface area (Å²) >= 11 is 5.82. The first-order chi connectivity index (χ1) is 9.20. The van der Waals surface area contributed by atoms with E-state index in [-0.39, 0.29) is 5.91 Å².